The van der Waals surface area contributed by atoms with Crippen LogP contribution in [0.15, 0.2) is 12.1 Å². The quantitative estimate of drug-likeness (QED) is 0.852. The number of benzene rings is 1. The van der Waals surface area contributed by atoms with E-state index in [1.54, 1.807) is 0 Å². The van der Waals surface area contributed by atoms with E-state index in [4.69, 9.17) is 26.7 Å². The number of rotatable bonds is 3. The van der Waals surface area contributed by atoms with E-state index in [1.807, 2.05) is 6.07 Å². The number of carbonyl (C=O) groups is 1. The van der Waals surface area contributed by atoms with Crippen molar-refractivity contribution in [2.24, 2.45) is 0 Å². The van der Waals surface area contributed by atoms with Crippen molar-refractivity contribution in [3.63, 3.8) is 0 Å². The van der Waals surface area contributed by atoms with E-state index in [0.29, 0.717) is 11.3 Å². The van der Waals surface area contributed by atoms with Crippen molar-refractivity contribution in [3.05, 3.63) is 28.3 Å². The van der Waals surface area contributed by atoms with Crippen LogP contribution in [0.5, 0.6) is 5.75 Å². The molecule has 5 heteroatoms. The fourth-order valence-corrected chi connectivity index (χ4v) is 1.38. The largest absolute Gasteiger partial charge is 0.495 e. The summed E-state index contributed by atoms with van der Waals surface area (Å²) in [6.45, 7) is 0. The molecular weight excluding hydrogens is 218 g/mol. The van der Waals surface area contributed by atoms with Gasteiger partial charge >= 0.3 is 5.97 Å². The second kappa shape index (κ2) is 4.67. The predicted molar refractivity (Wildman–Crippen MR) is 54.1 cm³/mol. The smallest absolute Gasteiger partial charge is 0.307 e. The molecule has 0 atom stereocenters. The summed E-state index contributed by atoms with van der Waals surface area (Å²) in [5, 5.41) is 17.6. The first kappa shape index (κ1) is 11.3. The summed E-state index contributed by atoms with van der Waals surface area (Å²) in [6.07, 6.45) is -0.194. The number of halogens is 1. The molecule has 0 aromatic heterocycles. The molecule has 1 aromatic rings. The topological polar surface area (TPSA) is 70.3 Å². The lowest BCUT2D eigenvalue weighted by Crippen LogP contribution is -2.02. The number of carboxylic acids is 1. The highest BCUT2D eigenvalue weighted by Gasteiger charge is 2.11. The molecule has 0 bridgehead atoms. The van der Waals surface area contributed by atoms with Gasteiger partial charge in [-0.15, -0.1) is 0 Å². The van der Waals surface area contributed by atoms with Crippen LogP contribution in [0.4, 0.5) is 0 Å². The summed E-state index contributed by atoms with van der Waals surface area (Å²) < 4.78 is 4.94. The van der Waals surface area contributed by atoms with Gasteiger partial charge in [-0.1, -0.05) is 11.6 Å². The number of nitriles is 1. The predicted octanol–water partition coefficient (Wildman–Crippen LogP) is 1.85. The highest BCUT2D eigenvalue weighted by molar-refractivity contribution is 6.31. The molecule has 0 saturated heterocycles. The van der Waals surface area contributed by atoms with Crippen molar-refractivity contribution in [3.8, 4) is 11.8 Å². The Hall–Kier alpha value is -1.73. The molecule has 1 aromatic carbocycles. The number of methoxy groups -OCH3 is 1. The first-order chi connectivity index (χ1) is 7.08. The highest BCUT2D eigenvalue weighted by atomic mass is 35.5. The summed E-state index contributed by atoms with van der Waals surface area (Å²) in [5.41, 5.74) is 0.719. The van der Waals surface area contributed by atoms with Crippen molar-refractivity contribution in [2.75, 3.05) is 7.11 Å². The molecule has 0 aliphatic carbocycles. The molecule has 0 saturated carbocycles. The van der Waals surface area contributed by atoms with Gasteiger partial charge in [-0.3, -0.25) is 4.79 Å². The number of ether oxygens (including phenoxy) is 1. The molecular formula is C10H8ClNO3. The molecule has 0 fully saturated rings. The summed E-state index contributed by atoms with van der Waals surface area (Å²) in [4.78, 5) is 10.5. The van der Waals surface area contributed by atoms with Crippen LogP contribution in [-0.4, -0.2) is 18.2 Å². The molecule has 0 amide bonds. The number of carboxylic acid groups (broad SMARTS) is 1. The maximum absolute atomic E-state index is 10.5. The first-order valence-electron chi connectivity index (χ1n) is 4.06. The van der Waals surface area contributed by atoms with Crippen molar-refractivity contribution in [1.29, 1.82) is 5.26 Å². The normalized spacial score (nSPS) is 9.40. The lowest BCUT2D eigenvalue weighted by atomic mass is 10.1. The molecule has 0 aliphatic heterocycles. The minimum atomic E-state index is -0.983. The Morgan fingerprint density at radius 3 is 2.80 bits per heavy atom. The number of hydrogen-bond donors (Lipinski definition) is 1. The number of aliphatic carboxylic acids is 1. The van der Waals surface area contributed by atoms with Gasteiger partial charge in [0.1, 0.15) is 11.8 Å². The van der Waals surface area contributed by atoms with Gasteiger partial charge in [-0.25, -0.2) is 0 Å². The van der Waals surface area contributed by atoms with Gasteiger partial charge in [-0.2, -0.15) is 5.26 Å². The third kappa shape index (κ3) is 2.61. The van der Waals surface area contributed by atoms with Gasteiger partial charge in [-0.05, 0) is 17.7 Å². The first-order valence-corrected chi connectivity index (χ1v) is 4.44. The van der Waals surface area contributed by atoms with E-state index in [1.165, 1.54) is 19.2 Å². The second-order valence-corrected chi connectivity index (χ2v) is 3.23. The summed E-state index contributed by atoms with van der Waals surface area (Å²) in [6, 6.07) is 4.78. The van der Waals surface area contributed by atoms with Gasteiger partial charge in [0, 0.05) is 5.02 Å². The Balaban J connectivity index is 3.21. The van der Waals surface area contributed by atoms with E-state index >= 15 is 0 Å². The molecule has 0 heterocycles. The van der Waals surface area contributed by atoms with Crippen molar-refractivity contribution < 1.29 is 14.6 Å². The van der Waals surface area contributed by atoms with Crippen molar-refractivity contribution in [2.45, 2.75) is 6.42 Å². The van der Waals surface area contributed by atoms with Crippen LogP contribution in [0, 0.1) is 11.3 Å². The lowest BCUT2D eigenvalue weighted by Gasteiger charge is -2.06. The Bertz CT molecular complexity index is 437. The van der Waals surface area contributed by atoms with Crippen LogP contribution in [-0.2, 0) is 11.2 Å². The summed E-state index contributed by atoms with van der Waals surface area (Å²) in [5.74, 6) is -0.651. The zero-order valence-corrected chi connectivity index (χ0v) is 8.71. The molecule has 0 spiro atoms. The Labute approximate surface area is 91.7 Å². The summed E-state index contributed by atoms with van der Waals surface area (Å²) >= 11 is 5.81. The van der Waals surface area contributed by atoms with E-state index in [9.17, 15) is 4.79 Å². The third-order valence-corrected chi connectivity index (χ3v) is 2.18. The molecule has 0 radical (unpaired) electrons. The Morgan fingerprint density at radius 1 is 1.67 bits per heavy atom. The second-order valence-electron chi connectivity index (χ2n) is 2.83. The molecule has 4 nitrogen and oxygen atoms in total. The highest BCUT2D eigenvalue weighted by Crippen LogP contribution is 2.26. The number of nitrogens with zero attached hydrogens (tertiary/aromatic N) is 1. The van der Waals surface area contributed by atoms with Crippen LogP contribution in [0.1, 0.15) is 11.1 Å². The monoisotopic (exact) mass is 225 g/mol. The Kier molecular flexibility index (Phi) is 3.53. The van der Waals surface area contributed by atoms with E-state index in [2.05, 4.69) is 0 Å². The van der Waals surface area contributed by atoms with E-state index in [-0.39, 0.29) is 17.0 Å². The fraction of sp³-hybridized carbons (Fsp3) is 0.200. The SMILES string of the molecule is COc1cc(CC(=O)O)c(Cl)cc1C#N. The van der Waals surface area contributed by atoms with Crippen LogP contribution in [0.25, 0.3) is 0 Å². The standard InChI is InChI=1S/C10H8ClNO3/c1-15-9-3-6(4-10(13)14)8(11)2-7(9)5-12/h2-3H,4H2,1H3,(H,13,14). The molecule has 1 rings (SSSR count). The average Bonchev–Trinajstić information content (AvgIpc) is 2.19. The maximum Gasteiger partial charge on any atom is 0.307 e. The lowest BCUT2D eigenvalue weighted by molar-refractivity contribution is -0.136. The van der Waals surface area contributed by atoms with Gasteiger partial charge in [0.15, 0.2) is 0 Å². The van der Waals surface area contributed by atoms with Crippen molar-refractivity contribution in [1.82, 2.24) is 0 Å². The van der Waals surface area contributed by atoms with Gasteiger partial charge in [0.25, 0.3) is 0 Å². The minimum Gasteiger partial charge on any atom is -0.495 e. The summed E-state index contributed by atoms with van der Waals surface area (Å²) in [7, 11) is 1.41. The third-order valence-electron chi connectivity index (χ3n) is 1.83. The molecule has 0 unspecified atom stereocenters. The van der Waals surface area contributed by atoms with Crippen LogP contribution >= 0.6 is 11.6 Å². The van der Waals surface area contributed by atoms with Crippen LogP contribution in [0.3, 0.4) is 0 Å². The molecule has 0 aliphatic rings. The Morgan fingerprint density at radius 2 is 2.33 bits per heavy atom. The average molecular weight is 226 g/mol. The molecule has 15 heavy (non-hydrogen) atoms. The van der Waals surface area contributed by atoms with Crippen molar-refractivity contribution >= 4 is 17.6 Å². The van der Waals surface area contributed by atoms with Crippen LogP contribution in [0.2, 0.25) is 5.02 Å². The molecule has 1 N–H and O–H groups in total. The van der Waals surface area contributed by atoms with Gasteiger partial charge in [0.05, 0.1) is 19.1 Å². The van der Waals surface area contributed by atoms with Gasteiger partial charge < -0.3 is 9.84 Å². The maximum atomic E-state index is 10.5. The van der Waals surface area contributed by atoms with E-state index < -0.39 is 5.97 Å². The zero-order chi connectivity index (χ0) is 11.4. The molecule has 78 valence electrons. The fourth-order valence-electron chi connectivity index (χ4n) is 1.15. The van der Waals surface area contributed by atoms with E-state index in [0.717, 1.165) is 0 Å². The zero-order valence-electron chi connectivity index (χ0n) is 7.95. The number of hydrogen-bond acceptors (Lipinski definition) is 3. The minimum absolute atomic E-state index is 0.194. The van der Waals surface area contributed by atoms with Gasteiger partial charge in [0.2, 0.25) is 0 Å². The van der Waals surface area contributed by atoms with Crippen LogP contribution < -0.4 is 4.74 Å².